The predicted molar refractivity (Wildman–Crippen MR) is 76.8 cm³/mol. The molecule has 5 heteroatoms. The lowest BCUT2D eigenvalue weighted by atomic mass is 9.98. The third-order valence-electron chi connectivity index (χ3n) is 2.98. The van der Waals surface area contributed by atoms with Gasteiger partial charge in [0.15, 0.2) is 0 Å². The maximum absolute atomic E-state index is 12.2. The molecule has 0 aliphatic rings. The molecule has 0 spiro atoms. The quantitative estimate of drug-likeness (QED) is 0.868. The fraction of sp³-hybridized carbons (Fsp3) is 0.467. The second kappa shape index (κ2) is 7.53. The number of benzene rings is 1. The molecule has 1 rings (SSSR count). The number of carbonyl (C=O) groups is 2. The standard InChI is InChI=1S/C15H21NO4/c1-4-20-15(19)16(12-8-6-5-7-9-12)13(11(2)3)10-14(17)18/h5-9,11,13H,4,10H2,1-3H3,(H,17,18). The van der Waals surface area contributed by atoms with Crippen LogP contribution in [-0.4, -0.2) is 29.8 Å². The first-order valence-electron chi connectivity index (χ1n) is 6.70. The van der Waals surface area contributed by atoms with Crippen molar-refractivity contribution < 1.29 is 19.4 Å². The fourth-order valence-electron chi connectivity index (χ4n) is 2.02. The Morgan fingerprint density at radius 1 is 1.25 bits per heavy atom. The van der Waals surface area contributed by atoms with Crippen molar-refractivity contribution in [2.45, 2.75) is 33.2 Å². The van der Waals surface area contributed by atoms with Crippen molar-refractivity contribution in [3.8, 4) is 0 Å². The molecule has 0 saturated carbocycles. The minimum atomic E-state index is -0.936. The summed E-state index contributed by atoms with van der Waals surface area (Å²) in [5.74, 6) is -0.940. The van der Waals surface area contributed by atoms with Crippen LogP contribution < -0.4 is 4.90 Å². The third-order valence-corrected chi connectivity index (χ3v) is 2.98. The highest BCUT2D eigenvalue weighted by molar-refractivity contribution is 5.89. The maximum Gasteiger partial charge on any atom is 0.414 e. The first-order valence-corrected chi connectivity index (χ1v) is 6.70. The van der Waals surface area contributed by atoms with Crippen molar-refractivity contribution in [1.29, 1.82) is 0 Å². The lowest BCUT2D eigenvalue weighted by molar-refractivity contribution is -0.137. The zero-order chi connectivity index (χ0) is 15.1. The molecule has 0 fully saturated rings. The van der Waals surface area contributed by atoms with E-state index >= 15 is 0 Å². The number of hydrogen-bond donors (Lipinski definition) is 1. The molecule has 1 aromatic rings. The van der Waals surface area contributed by atoms with E-state index in [0.717, 1.165) is 0 Å². The van der Waals surface area contributed by atoms with Gasteiger partial charge >= 0.3 is 12.1 Å². The summed E-state index contributed by atoms with van der Waals surface area (Å²) in [5, 5.41) is 9.06. The SMILES string of the molecule is CCOC(=O)N(c1ccccc1)C(CC(=O)O)C(C)C. The van der Waals surface area contributed by atoms with Crippen LogP contribution in [0, 0.1) is 5.92 Å². The summed E-state index contributed by atoms with van der Waals surface area (Å²) >= 11 is 0. The van der Waals surface area contributed by atoms with E-state index in [4.69, 9.17) is 9.84 Å². The molecular formula is C15H21NO4. The summed E-state index contributed by atoms with van der Waals surface area (Å²) in [5.41, 5.74) is 0.644. The van der Waals surface area contributed by atoms with E-state index in [1.807, 2.05) is 19.9 Å². The number of para-hydroxylation sites is 1. The number of carboxylic acids is 1. The Hall–Kier alpha value is -2.04. The topological polar surface area (TPSA) is 66.8 Å². The molecule has 110 valence electrons. The molecule has 0 radical (unpaired) electrons. The van der Waals surface area contributed by atoms with E-state index in [0.29, 0.717) is 5.69 Å². The molecule has 0 aliphatic carbocycles. The monoisotopic (exact) mass is 279 g/mol. The molecule has 1 aromatic carbocycles. The van der Waals surface area contributed by atoms with E-state index < -0.39 is 18.1 Å². The summed E-state index contributed by atoms with van der Waals surface area (Å²) in [6.07, 6.45) is -0.635. The number of amides is 1. The average Bonchev–Trinajstić information content (AvgIpc) is 2.39. The van der Waals surface area contributed by atoms with Crippen LogP contribution in [0.2, 0.25) is 0 Å². The maximum atomic E-state index is 12.2. The Kier molecular flexibility index (Phi) is 6.03. The molecule has 1 atom stereocenters. The van der Waals surface area contributed by atoms with Gasteiger partial charge in [-0.15, -0.1) is 0 Å². The molecular weight excluding hydrogens is 258 g/mol. The molecule has 0 heterocycles. The molecule has 20 heavy (non-hydrogen) atoms. The summed E-state index contributed by atoms with van der Waals surface area (Å²) < 4.78 is 5.07. The van der Waals surface area contributed by atoms with Gasteiger partial charge in [-0.1, -0.05) is 32.0 Å². The van der Waals surface area contributed by atoms with Crippen LogP contribution in [0.3, 0.4) is 0 Å². The molecule has 1 N–H and O–H groups in total. The highest BCUT2D eigenvalue weighted by atomic mass is 16.6. The lowest BCUT2D eigenvalue weighted by Gasteiger charge is -2.32. The van der Waals surface area contributed by atoms with Gasteiger partial charge in [0.2, 0.25) is 0 Å². The van der Waals surface area contributed by atoms with Gasteiger partial charge in [0.1, 0.15) is 0 Å². The number of carbonyl (C=O) groups excluding carboxylic acids is 1. The van der Waals surface area contributed by atoms with Gasteiger partial charge in [-0.25, -0.2) is 4.79 Å². The summed E-state index contributed by atoms with van der Waals surface area (Å²) in [6, 6.07) is 8.55. The zero-order valence-corrected chi connectivity index (χ0v) is 12.1. The van der Waals surface area contributed by atoms with Crippen molar-refractivity contribution in [3.63, 3.8) is 0 Å². The zero-order valence-electron chi connectivity index (χ0n) is 12.1. The molecule has 5 nitrogen and oxygen atoms in total. The normalized spacial score (nSPS) is 12.0. The van der Waals surface area contributed by atoms with E-state index in [-0.39, 0.29) is 18.9 Å². The largest absolute Gasteiger partial charge is 0.481 e. The molecule has 1 amide bonds. The van der Waals surface area contributed by atoms with Gasteiger partial charge in [0.05, 0.1) is 19.1 Å². The van der Waals surface area contributed by atoms with Gasteiger partial charge in [0.25, 0.3) is 0 Å². The van der Waals surface area contributed by atoms with Crippen molar-refractivity contribution in [3.05, 3.63) is 30.3 Å². The highest BCUT2D eigenvalue weighted by Crippen LogP contribution is 2.24. The highest BCUT2D eigenvalue weighted by Gasteiger charge is 2.30. The van der Waals surface area contributed by atoms with Crippen LogP contribution in [0.1, 0.15) is 27.2 Å². The van der Waals surface area contributed by atoms with E-state index in [1.165, 1.54) is 4.90 Å². The van der Waals surface area contributed by atoms with Crippen molar-refractivity contribution in [1.82, 2.24) is 0 Å². The van der Waals surface area contributed by atoms with Crippen LogP contribution in [0.15, 0.2) is 30.3 Å². The Balaban J connectivity index is 3.13. The van der Waals surface area contributed by atoms with Gasteiger partial charge in [-0.3, -0.25) is 9.69 Å². The van der Waals surface area contributed by atoms with E-state index in [2.05, 4.69) is 0 Å². The van der Waals surface area contributed by atoms with Crippen molar-refractivity contribution in [2.24, 2.45) is 5.92 Å². The van der Waals surface area contributed by atoms with E-state index in [1.54, 1.807) is 31.2 Å². The van der Waals surface area contributed by atoms with Gasteiger partial charge in [-0.05, 0) is 25.0 Å². The Labute approximate surface area is 119 Å². The summed E-state index contributed by atoms with van der Waals surface area (Å²) in [7, 11) is 0. The van der Waals surface area contributed by atoms with Crippen LogP contribution >= 0.6 is 0 Å². The number of aliphatic carboxylic acids is 1. The second-order valence-electron chi connectivity index (χ2n) is 4.81. The molecule has 0 saturated heterocycles. The first-order chi connectivity index (χ1) is 9.47. The average molecular weight is 279 g/mol. The Bertz CT molecular complexity index is 444. The number of nitrogens with zero attached hydrogens (tertiary/aromatic N) is 1. The third kappa shape index (κ3) is 4.26. The molecule has 1 unspecified atom stereocenters. The minimum absolute atomic E-state index is 0.00397. The van der Waals surface area contributed by atoms with Crippen LogP contribution in [0.4, 0.5) is 10.5 Å². The second-order valence-corrected chi connectivity index (χ2v) is 4.81. The van der Waals surface area contributed by atoms with Gasteiger partial charge < -0.3 is 9.84 Å². The van der Waals surface area contributed by atoms with Gasteiger partial charge in [0, 0.05) is 5.69 Å². The van der Waals surface area contributed by atoms with Gasteiger partial charge in [-0.2, -0.15) is 0 Å². The van der Waals surface area contributed by atoms with Crippen molar-refractivity contribution in [2.75, 3.05) is 11.5 Å². The Morgan fingerprint density at radius 3 is 2.30 bits per heavy atom. The number of ether oxygens (including phenoxy) is 1. The smallest absolute Gasteiger partial charge is 0.414 e. The van der Waals surface area contributed by atoms with E-state index in [9.17, 15) is 9.59 Å². The first kappa shape index (κ1) is 16.0. The number of carboxylic acid groups (broad SMARTS) is 1. The van der Waals surface area contributed by atoms with Crippen LogP contribution in [0.5, 0.6) is 0 Å². The molecule has 0 bridgehead atoms. The number of hydrogen-bond acceptors (Lipinski definition) is 3. The summed E-state index contributed by atoms with van der Waals surface area (Å²) in [6.45, 7) is 5.76. The van der Waals surface area contributed by atoms with Crippen molar-refractivity contribution >= 4 is 17.7 Å². The minimum Gasteiger partial charge on any atom is -0.481 e. The summed E-state index contributed by atoms with van der Waals surface area (Å²) in [4.78, 5) is 24.7. The lowest BCUT2D eigenvalue weighted by Crippen LogP contribution is -2.45. The molecule has 0 aromatic heterocycles. The number of anilines is 1. The fourth-order valence-corrected chi connectivity index (χ4v) is 2.02. The number of rotatable bonds is 6. The predicted octanol–water partition coefficient (Wildman–Crippen LogP) is 3.15. The molecule has 0 aliphatic heterocycles. The van der Waals surface area contributed by atoms with Crippen LogP contribution in [-0.2, 0) is 9.53 Å². The van der Waals surface area contributed by atoms with Crippen LogP contribution in [0.25, 0.3) is 0 Å². The Morgan fingerprint density at radius 2 is 1.85 bits per heavy atom.